The van der Waals surface area contributed by atoms with Gasteiger partial charge in [0.05, 0.1) is 23.1 Å². The Balaban J connectivity index is 2.08. The van der Waals surface area contributed by atoms with E-state index in [4.69, 9.17) is 0 Å². The van der Waals surface area contributed by atoms with Crippen molar-refractivity contribution in [2.24, 2.45) is 0 Å². The molecule has 1 atom stereocenters. The summed E-state index contributed by atoms with van der Waals surface area (Å²) in [5.74, 6) is -1.57. The van der Waals surface area contributed by atoms with Crippen LogP contribution < -0.4 is 5.56 Å². The molecule has 0 fully saturated rings. The van der Waals surface area contributed by atoms with Crippen molar-refractivity contribution in [2.75, 3.05) is 0 Å². The molecule has 0 saturated heterocycles. The van der Waals surface area contributed by atoms with Gasteiger partial charge in [0.25, 0.3) is 5.56 Å². The van der Waals surface area contributed by atoms with Gasteiger partial charge in [-0.3, -0.25) is 4.79 Å². The lowest BCUT2D eigenvalue weighted by Crippen LogP contribution is -2.25. The number of halogens is 3. The third kappa shape index (κ3) is 4.32. The molecule has 0 amide bonds. The van der Waals surface area contributed by atoms with Gasteiger partial charge in [0.1, 0.15) is 17.8 Å². The van der Waals surface area contributed by atoms with Crippen LogP contribution in [0.15, 0.2) is 35.5 Å². The van der Waals surface area contributed by atoms with Crippen LogP contribution in [0, 0.1) is 11.6 Å². The quantitative estimate of drug-likeness (QED) is 0.670. The van der Waals surface area contributed by atoms with Crippen LogP contribution in [0.2, 0.25) is 0 Å². The molecule has 0 radical (unpaired) electrons. The zero-order valence-corrected chi connectivity index (χ0v) is 16.4. The molecule has 1 N–H and O–H groups in total. The molecule has 0 saturated carbocycles. The Kier molecular flexibility index (Phi) is 5.75. The Morgan fingerprint density at radius 1 is 1.14 bits per heavy atom. The zero-order chi connectivity index (χ0) is 21.3. The predicted molar refractivity (Wildman–Crippen MR) is 104 cm³/mol. The highest BCUT2D eigenvalue weighted by atomic mass is 19.1. The first-order valence-corrected chi connectivity index (χ1v) is 9.33. The third-order valence-electron chi connectivity index (χ3n) is 4.72. The van der Waals surface area contributed by atoms with Crippen LogP contribution in [0.25, 0.3) is 22.2 Å². The molecule has 0 aliphatic heterocycles. The second kappa shape index (κ2) is 7.94. The van der Waals surface area contributed by atoms with Gasteiger partial charge in [-0.1, -0.05) is 13.3 Å². The molecule has 3 rings (SSSR count). The van der Waals surface area contributed by atoms with Crippen LogP contribution in [0.3, 0.4) is 0 Å². The van der Waals surface area contributed by atoms with Crippen molar-refractivity contribution in [1.82, 2.24) is 14.5 Å². The van der Waals surface area contributed by atoms with Gasteiger partial charge < -0.3 is 9.67 Å². The highest BCUT2D eigenvalue weighted by molar-refractivity contribution is 5.86. The molecule has 0 aliphatic rings. The number of fused-ring (bicyclic) bond motifs is 1. The van der Waals surface area contributed by atoms with Crippen molar-refractivity contribution >= 4 is 10.8 Å². The van der Waals surface area contributed by atoms with E-state index >= 15 is 0 Å². The van der Waals surface area contributed by atoms with E-state index in [1.807, 2.05) is 6.92 Å². The van der Waals surface area contributed by atoms with E-state index in [-0.39, 0.29) is 35.1 Å². The second-order valence-corrected chi connectivity index (χ2v) is 7.55. The molecule has 0 spiro atoms. The summed E-state index contributed by atoms with van der Waals surface area (Å²) in [4.78, 5) is 20.7. The molecule has 29 heavy (non-hydrogen) atoms. The van der Waals surface area contributed by atoms with Gasteiger partial charge in [-0.05, 0) is 32.4 Å². The fourth-order valence-electron chi connectivity index (χ4n) is 3.08. The van der Waals surface area contributed by atoms with Gasteiger partial charge >= 0.3 is 0 Å². The van der Waals surface area contributed by atoms with Crippen LogP contribution in [-0.2, 0) is 12.1 Å². The van der Waals surface area contributed by atoms with E-state index in [0.29, 0.717) is 12.0 Å². The smallest absolute Gasteiger partial charge is 0.258 e. The number of hydrogen-bond donors (Lipinski definition) is 1. The summed E-state index contributed by atoms with van der Waals surface area (Å²) < 4.78 is 44.2. The normalized spacial score (nSPS) is 13.1. The fourth-order valence-corrected chi connectivity index (χ4v) is 3.08. The molecule has 1 aromatic carbocycles. The Morgan fingerprint density at radius 3 is 2.38 bits per heavy atom. The molecule has 0 aliphatic carbocycles. The van der Waals surface area contributed by atoms with Gasteiger partial charge in [-0.25, -0.2) is 23.1 Å². The van der Waals surface area contributed by atoms with E-state index in [1.54, 1.807) is 13.8 Å². The molecule has 5 nitrogen and oxygen atoms in total. The standard InChI is InChI=1S/C21H22F3N3O2/c1-4-5-13(22)10-27-11-18(24)14-6-16(17(23)7-15(14)20(27)28)19-25-8-12(9-26-19)21(2,3)29/h6-9,11,13,29H,4-5,10H2,1-3H3. The van der Waals surface area contributed by atoms with Crippen LogP contribution >= 0.6 is 0 Å². The summed E-state index contributed by atoms with van der Waals surface area (Å²) in [7, 11) is 0. The van der Waals surface area contributed by atoms with Gasteiger partial charge in [0, 0.05) is 29.5 Å². The van der Waals surface area contributed by atoms with E-state index < -0.39 is 29.0 Å². The highest BCUT2D eigenvalue weighted by Crippen LogP contribution is 2.27. The monoisotopic (exact) mass is 405 g/mol. The number of pyridine rings is 1. The maximum atomic E-state index is 14.7. The largest absolute Gasteiger partial charge is 0.386 e. The summed E-state index contributed by atoms with van der Waals surface area (Å²) in [6, 6.07) is 2.09. The Hall–Kier alpha value is -2.74. The Morgan fingerprint density at radius 2 is 1.79 bits per heavy atom. The van der Waals surface area contributed by atoms with E-state index in [1.165, 1.54) is 18.5 Å². The molecule has 0 bridgehead atoms. The van der Waals surface area contributed by atoms with Gasteiger partial charge in [-0.15, -0.1) is 0 Å². The van der Waals surface area contributed by atoms with Crippen molar-refractivity contribution in [3.8, 4) is 11.4 Å². The van der Waals surface area contributed by atoms with Gasteiger partial charge in [0.15, 0.2) is 5.82 Å². The number of rotatable bonds is 6. The summed E-state index contributed by atoms with van der Waals surface area (Å²) in [5, 5.41) is 9.70. The summed E-state index contributed by atoms with van der Waals surface area (Å²) in [5.41, 5.74) is -1.47. The zero-order valence-electron chi connectivity index (χ0n) is 16.4. The van der Waals surface area contributed by atoms with Gasteiger partial charge in [0.2, 0.25) is 0 Å². The molecule has 154 valence electrons. The van der Waals surface area contributed by atoms with Gasteiger partial charge in [-0.2, -0.15) is 0 Å². The number of aromatic nitrogens is 3. The number of aliphatic hydroxyl groups is 1. The minimum atomic E-state index is -1.29. The molecule has 2 heterocycles. The third-order valence-corrected chi connectivity index (χ3v) is 4.72. The number of benzene rings is 1. The first-order valence-electron chi connectivity index (χ1n) is 9.33. The molecular weight excluding hydrogens is 383 g/mol. The average Bonchev–Trinajstić information content (AvgIpc) is 2.65. The fraction of sp³-hybridized carbons (Fsp3) is 0.381. The molecule has 8 heteroatoms. The first kappa shape index (κ1) is 21.0. The summed E-state index contributed by atoms with van der Waals surface area (Å²) >= 11 is 0. The maximum Gasteiger partial charge on any atom is 0.258 e. The minimum Gasteiger partial charge on any atom is -0.386 e. The van der Waals surface area contributed by atoms with Crippen molar-refractivity contribution in [3.63, 3.8) is 0 Å². The maximum absolute atomic E-state index is 14.7. The number of alkyl halides is 1. The lowest BCUT2D eigenvalue weighted by molar-refractivity contribution is 0.0778. The molecule has 3 aromatic rings. The minimum absolute atomic E-state index is 0.00672. The molecule has 2 aromatic heterocycles. The lowest BCUT2D eigenvalue weighted by atomic mass is 10.0. The first-order chi connectivity index (χ1) is 13.6. The van der Waals surface area contributed by atoms with E-state index in [2.05, 4.69) is 9.97 Å². The van der Waals surface area contributed by atoms with E-state index in [0.717, 1.165) is 16.8 Å². The Bertz CT molecular complexity index is 1090. The Labute approximate surface area is 165 Å². The van der Waals surface area contributed by atoms with Crippen LogP contribution in [0.5, 0.6) is 0 Å². The molecular formula is C21H22F3N3O2. The van der Waals surface area contributed by atoms with Crippen LogP contribution in [0.4, 0.5) is 13.2 Å². The number of hydrogen-bond acceptors (Lipinski definition) is 4. The highest BCUT2D eigenvalue weighted by Gasteiger charge is 2.20. The second-order valence-electron chi connectivity index (χ2n) is 7.55. The van der Waals surface area contributed by atoms with Crippen molar-refractivity contribution in [1.29, 1.82) is 0 Å². The van der Waals surface area contributed by atoms with Crippen molar-refractivity contribution in [3.05, 3.63) is 58.3 Å². The topological polar surface area (TPSA) is 68.0 Å². The summed E-state index contributed by atoms with van der Waals surface area (Å²) in [6.45, 7) is 4.64. The average molecular weight is 405 g/mol. The lowest BCUT2D eigenvalue weighted by Gasteiger charge is -2.16. The SMILES string of the molecule is CCCC(F)Cn1cc(F)c2cc(-c3ncc(C(C)(C)O)cn3)c(F)cc2c1=O. The molecule has 1 unspecified atom stereocenters. The van der Waals surface area contributed by atoms with Crippen LogP contribution in [0.1, 0.15) is 39.2 Å². The van der Waals surface area contributed by atoms with E-state index in [9.17, 15) is 23.1 Å². The number of nitrogens with zero attached hydrogens (tertiary/aromatic N) is 3. The summed E-state index contributed by atoms with van der Waals surface area (Å²) in [6.07, 6.45) is 3.20. The van der Waals surface area contributed by atoms with Crippen LogP contribution in [-0.4, -0.2) is 25.8 Å². The van der Waals surface area contributed by atoms with Crippen molar-refractivity contribution in [2.45, 2.75) is 51.9 Å². The van der Waals surface area contributed by atoms with Crippen molar-refractivity contribution < 1.29 is 18.3 Å². The predicted octanol–water partition coefficient (Wildman–Crippen LogP) is 4.10.